The van der Waals surface area contributed by atoms with Crippen molar-refractivity contribution in [3.63, 3.8) is 0 Å². The maximum atomic E-state index is 8.93. The Labute approximate surface area is 165 Å². The van der Waals surface area contributed by atoms with Crippen LogP contribution in [0.25, 0.3) is 5.57 Å². The number of aryl methyl sites for hydroxylation is 1. The molecule has 0 atom stereocenters. The Hall–Kier alpha value is -2.88. The second-order valence-electron chi connectivity index (χ2n) is 6.95. The normalized spacial score (nSPS) is 16.0. The van der Waals surface area contributed by atoms with Crippen LogP contribution in [-0.2, 0) is 11.3 Å². The molecule has 0 radical (unpaired) electrons. The lowest BCUT2D eigenvalue weighted by Gasteiger charge is -2.37. The van der Waals surface area contributed by atoms with Gasteiger partial charge in [-0.2, -0.15) is 10.4 Å². The molecule has 0 spiro atoms. The molecule has 28 heavy (non-hydrogen) atoms. The summed E-state index contributed by atoms with van der Waals surface area (Å²) in [5.41, 5.74) is 8.47. The molecule has 0 unspecified atom stereocenters. The molecule has 1 saturated heterocycles. The number of rotatable bonds is 8. The molecule has 2 aromatic rings. The predicted octanol–water partition coefficient (Wildman–Crippen LogP) is 4.03. The van der Waals surface area contributed by atoms with Crippen molar-refractivity contribution in [2.75, 3.05) is 13.2 Å². The van der Waals surface area contributed by atoms with Crippen LogP contribution in [0, 0.1) is 11.3 Å². The summed E-state index contributed by atoms with van der Waals surface area (Å²) < 4.78 is 13.1. The van der Waals surface area contributed by atoms with E-state index in [1.807, 2.05) is 17.7 Å². The first-order valence-corrected chi connectivity index (χ1v) is 9.56. The first kappa shape index (κ1) is 19.9. The molecule has 3 rings (SSSR count). The van der Waals surface area contributed by atoms with Crippen LogP contribution in [0.15, 0.2) is 48.6 Å². The van der Waals surface area contributed by atoms with Gasteiger partial charge in [0.25, 0.3) is 0 Å². The molecule has 1 aromatic heterocycles. The predicted molar refractivity (Wildman–Crippen MR) is 109 cm³/mol. The van der Waals surface area contributed by atoms with Gasteiger partial charge in [-0.05, 0) is 49.6 Å². The largest absolute Gasteiger partial charge is 0.439 e. The second-order valence-corrected chi connectivity index (χ2v) is 6.95. The molecule has 1 aromatic carbocycles. The van der Waals surface area contributed by atoms with Crippen LogP contribution >= 0.6 is 0 Å². The molecule has 1 aliphatic rings. The third-order valence-electron chi connectivity index (χ3n) is 4.58. The fraction of sp³-hybridized carbons (Fsp3) is 0.364. The molecule has 6 heteroatoms. The van der Waals surface area contributed by atoms with Crippen molar-refractivity contribution in [3.8, 4) is 17.7 Å². The number of ether oxygens (including phenoxy) is 2. The average molecular weight is 378 g/mol. The summed E-state index contributed by atoms with van der Waals surface area (Å²) >= 11 is 0. The third-order valence-corrected chi connectivity index (χ3v) is 4.58. The fourth-order valence-electron chi connectivity index (χ4n) is 2.87. The van der Waals surface area contributed by atoms with Crippen molar-refractivity contribution >= 4 is 5.57 Å². The molecule has 6 nitrogen and oxygen atoms in total. The van der Waals surface area contributed by atoms with Crippen LogP contribution in [0.5, 0.6) is 11.6 Å². The lowest BCUT2D eigenvalue weighted by atomic mass is 9.93. The number of benzene rings is 1. The van der Waals surface area contributed by atoms with Crippen LogP contribution in [0.2, 0.25) is 0 Å². The van der Waals surface area contributed by atoms with Crippen molar-refractivity contribution in [1.29, 1.82) is 5.26 Å². The van der Waals surface area contributed by atoms with Gasteiger partial charge in [0.1, 0.15) is 5.75 Å². The summed E-state index contributed by atoms with van der Waals surface area (Å²) in [6.07, 6.45) is 8.00. The highest BCUT2D eigenvalue weighted by atomic mass is 16.5. The highest BCUT2D eigenvalue weighted by Gasteiger charge is 2.32. The van der Waals surface area contributed by atoms with Gasteiger partial charge in [-0.1, -0.05) is 25.2 Å². The van der Waals surface area contributed by atoms with E-state index >= 15 is 0 Å². The molecule has 146 valence electrons. The van der Waals surface area contributed by atoms with Crippen LogP contribution in [-0.4, -0.2) is 28.5 Å². The van der Waals surface area contributed by atoms with Gasteiger partial charge >= 0.3 is 0 Å². The summed E-state index contributed by atoms with van der Waals surface area (Å²) in [6, 6.07) is 11.1. The third kappa shape index (κ3) is 4.69. The maximum absolute atomic E-state index is 8.93. The van der Waals surface area contributed by atoms with Crippen molar-refractivity contribution in [1.82, 2.24) is 9.78 Å². The second kappa shape index (κ2) is 8.87. The zero-order valence-electron chi connectivity index (χ0n) is 16.4. The van der Waals surface area contributed by atoms with E-state index in [1.54, 1.807) is 24.3 Å². The number of hydrogen-bond donors (Lipinski definition) is 1. The zero-order valence-corrected chi connectivity index (χ0v) is 16.4. The van der Waals surface area contributed by atoms with Crippen molar-refractivity contribution in [2.45, 2.75) is 38.8 Å². The number of nitrogens with zero attached hydrogens (tertiary/aromatic N) is 3. The van der Waals surface area contributed by atoms with Crippen molar-refractivity contribution in [2.24, 2.45) is 5.73 Å². The van der Waals surface area contributed by atoms with Gasteiger partial charge in [-0.15, -0.1) is 0 Å². The number of hydrogen-bond acceptors (Lipinski definition) is 5. The van der Waals surface area contributed by atoms with Crippen LogP contribution < -0.4 is 10.5 Å². The highest BCUT2D eigenvalue weighted by Crippen LogP contribution is 2.28. The SMILES string of the molecule is CCC=CC(=CCC1(N)COC1)c1cc(Oc2ccc(C#N)cc2)n(CC)n1. The Morgan fingerprint density at radius 3 is 2.68 bits per heavy atom. The summed E-state index contributed by atoms with van der Waals surface area (Å²) in [7, 11) is 0. The number of allylic oxidation sites excluding steroid dienone is 3. The minimum Gasteiger partial charge on any atom is -0.439 e. The summed E-state index contributed by atoms with van der Waals surface area (Å²) in [5, 5.41) is 13.6. The topological polar surface area (TPSA) is 86.1 Å². The Bertz CT molecular complexity index is 900. The van der Waals surface area contributed by atoms with E-state index in [4.69, 9.17) is 25.6 Å². The lowest BCUT2D eigenvalue weighted by Crippen LogP contribution is -2.56. The minimum absolute atomic E-state index is 0.277. The van der Waals surface area contributed by atoms with Gasteiger partial charge in [-0.3, -0.25) is 0 Å². The van der Waals surface area contributed by atoms with E-state index in [1.165, 1.54) is 0 Å². The summed E-state index contributed by atoms with van der Waals surface area (Å²) in [4.78, 5) is 0. The van der Waals surface area contributed by atoms with Gasteiger partial charge in [0, 0.05) is 12.6 Å². The molecule has 0 bridgehead atoms. The maximum Gasteiger partial charge on any atom is 0.218 e. The smallest absolute Gasteiger partial charge is 0.218 e. The van der Waals surface area contributed by atoms with Gasteiger partial charge in [0.2, 0.25) is 5.88 Å². The van der Waals surface area contributed by atoms with Gasteiger partial charge < -0.3 is 15.2 Å². The summed E-state index contributed by atoms with van der Waals surface area (Å²) in [6.45, 7) is 5.98. The molecule has 1 aliphatic heterocycles. The first-order valence-electron chi connectivity index (χ1n) is 9.56. The molecule has 0 aliphatic carbocycles. The molecule has 1 fully saturated rings. The van der Waals surface area contributed by atoms with Crippen molar-refractivity contribution < 1.29 is 9.47 Å². The molecular formula is C22H26N4O2. The minimum atomic E-state index is -0.277. The number of nitriles is 1. The number of aromatic nitrogens is 2. The lowest BCUT2D eigenvalue weighted by molar-refractivity contribution is -0.0515. The van der Waals surface area contributed by atoms with E-state index in [0.29, 0.717) is 37.0 Å². The Kier molecular flexibility index (Phi) is 6.30. The van der Waals surface area contributed by atoms with E-state index in [-0.39, 0.29) is 5.54 Å². The Morgan fingerprint density at radius 2 is 2.11 bits per heavy atom. The molecular weight excluding hydrogens is 352 g/mol. The first-order chi connectivity index (χ1) is 13.6. The number of nitrogens with two attached hydrogens (primary N) is 1. The standard InChI is InChI=1S/C22H26N4O2/c1-3-5-6-18(11-12-22(24)15-27-16-22)20-13-21(26(4-2)25-20)28-19-9-7-17(14-23)8-10-19/h5-11,13H,3-4,12,15-16,24H2,1-2H3. The molecule has 2 N–H and O–H groups in total. The quantitative estimate of drug-likeness (QED) is 0.701. The van der Waals surface area contributed by atoms with E-state index in [2.05, 4.69) is 31.2 Å². The van der Waals surface area contributed by atoms with Crippen LogP contribution in [0.4, 0.5) is 0 Å². The summed E-state index contributed by atoms with van der Waals surface area (Å²) in [5.74, 6) is 1.33. The van der Waals surface area contributed by atoms with Crippen molar-refractivity contribution in [3.05, 3.63) is 59.8 Å². The highest BCUT2D eigenvalue weighted by molar-refractivity contribution is 5.72. The monoisotopic (exact) mass is 378 g/mol. The van der Waals surface area contributed by atoms with Crippen LogP contribution in [0.3, 0.4) is 0 Å². The van der Waals surface area contributed by atoms with E-state index < -0.39 is 0 Å². The Balaban J connectivity index is 1.85. The van der Waals surface area contributed by atoms with Gasteiger partial charge in [0.15, 0.2) is 0 Å². The molecule has 0 saturated carbocycles. The van der Waals surface area contributed by atoms with Gasteiger partial charge in [-0.25, -0.2) is 4.68 Å². The zero-order chi connectivity index (χ0) is 20.0. The van der Waals surface area contributed by atoms with Crippen LogP contribution in [0.1, 0.15) is 37.9 Å². The van der Waals surface area contributed by atoms with Gasteiger partial charge in [0.05, 0.1) is 36.1 Å². The Morgan fingerprint density at radius 1 is 1.36 bits per heavy atom. The molecule has 0 amide bonds. The fourth-order valence-corrected chi connectivity index (χ4v) is 2.87. The van der Waals surface area contributed by atoms with E-state index in [0.717, 1.165) is 24.1 Å². The van der Waals surface area contributed by atoms with E-state index in [9.17, 15) is 0 Å². The average Bonchev–Trinajstić information content (AvgIpc) is 3.09. The molecule has 2 heterocycles.